The lowest BCUT2D eigenvalue weighted by atomic mass is 10.1. The number of halogens is 1. The van der Waals surface area contributed by atoms with Crippen molar-refractivity contribution in [2.45, 2.75) is 20.5 Å². The molecule has 0 bridgehead atoms. The Morgan fingerprint density at radius 3 is 2.17 bits per heavy atom. The SMILES string of the molecule is CC(=O)Nc1cc(NC(C)=O)cc(C(=O)OCc2csc(-c3ccc(F)cc3)n2)c1. The summed E-state index contributed by atoms with van der Waals surface area (Å²) in [7, 11) is 0. The van der Waals surface area contributed by atoms with Crippen molar-refractivity contribution in [2.24, 2.45) is 0 Å². The number of hydrogen-bond acceptors (Lipinski definition) is 6. The molecule has 0 aliphatic heterocycles. The number of amides is 2. The molecule has 9 heteroatoms. The molecule has 30 heavy (non-hydrogen) atoms. The van der Waals surface area contributed by atoms with Gasteiger partial charge < -0.3 is 15.4 Å². The summed E-state index contributed by atoms with van der Waals surface area (Å²) < 4.78 is 18.4. The summed E-state index contributed by atoms with van der Waals surface area (Å²) in [5, 5.41) is 7.59. The van der Waals surface area contributed by atoms with E-state index in [1.165, 1.54) is 55.5 Å². The number of rotatable bonds is 6. The minimum absolute atomic E-state index is 0.0592. The zero-order valence-corrected chi connectivity index (χ0v) is 17.0. The average Bonchev–Trinajstić information content (AvgIpc) is 3.14. The maximum atomic E-state index is 13.1. The highest BCUT2D eigenvalue weighted by Gasteiger charge is 2.13. The van der Waals surface area contributed by atoms with Crippen LogP contribution >= 0.6 is 11.3 Å². The molecular formula is C21H18FN3O4S. The lowest BCUT2D eigenvalue weighted by molar-refractivity contribution is -0.115. The minimum Gasteiger partial charge on any atom is -0.456 e. The van der Waals surface area contributed by atoms with Crippen molar-refractivity contribution in [1.82, 2.24) is 4.98 Å². The number of carbonyl (C=O) groups is 3. The topological polar surface area (TPSA) is 97.4 Å². The number of carbonyl (C=O) groups excluding carboxylic acids is 3. The molecule has 0 unspecified atom stereocenters. The number of hydrogen-bond donors (Lipinski definition) is 2. The third-order valence-electron chi connectivity index (χ3n) is 3.80. The molecule has 2 N–H and O–H groups in total. The van der Waals surface area contributed by atoms with Gasteiger partial charge in [0, 0.05) is 36.2 Å². The first kappa shape index (κ1) is 21.1. The van der Waals surface area contributed by atoms with Crippen LogP contribution in [0.2, 0.25) is 0 Å². The molecule has 7 nitrogen and oxygen atoms in total. The summed E-state index contributed by atoms with van der Waals surface area (Å²) in [5.74, 6) is -1.59. The standard InChI is InChI=1S/C21H18FN3O4S/c1-12(26)23-17-7-15(8-18(9-17)24-13(2)27)21(28)29-10-19-11-30-20(25-19)14-3-5-16(22)6-4-14/h3-9,11H,10H2,1-2H3,(H,23,26)(H,24,27). The summed E-state index contributed by atoms with van der Waals surface area (Å²) in [6.45, 7) is 2.62. The summed E-state index contributed by atoms with van der Waals surface area (Å²) >= 11 is 1.35. The zero-order valence-electron chi connectivity index (χ0n) is 16.2. The van der Waals surface area contributed by atoms with Gasteiger partial charge in [0.1, 0.15) is 17.4 Å². The smallest absolute Gasteiger partial charge is 0.338 e. The van der Waals surface area contributed by atoms with E-state index in [2.05, 4.69) is 15.6 Å². The van der Waals surface area contributed by atoms with E-state index in [0.29, 0.717) is 22.1 Å². The number of thiazole rings is 1. The van der Waals surface area contributed by atoms with Gasteiger partial charge in [-0.3, -0.25) is 9.59 Å². The van der Waals surface area contributed by atoms with Crippen LogP contribution in [0.15, 0.2) is 47.8 Å². The maximum Gasteiger partial charge on any atom is 0.338 e. The number of nitrogens with zero attached hydrogens (tertiary/aromatic N) is 1. The van der Waals surface area contributed by atoms with Crippen LogP contribution < -0.4 is 10.6 Å². The van der Waals surface area contributed by atoms with Crippen molar-refractivity contribution in [1.29, 1.82) is 0 Å². The normalized spacial score (nSPS) is 10.4. The first-order chi connectivity index (χ1) is 14.3. The van der Waals surface area contributed by atoms with Crippen LogP contribution in [0, 0.1) is 5.82 Å². The van der Waals surface area contributed by atoms with Gasteiger partial charge in [0.2, 0.25) is 11.8 Å². The number of nitrogens with one attached hydrogen (secondary N) is 2. The monoisotopic (exact) mass is 427 g/mol. The lowest BCUT2D eigenvalue weighted by Gasteiger charge is -2.10. The molecule has 1 heterocycles. The third-order valence-corrected chi connectivity index (χ3v) is 4.74. The molecule has 3 aromatic rings. The molecule has 2 aromatic carbocycles. The van der Waals surface area contributed by atoms with Gasteiger partial charge in [-0.25, -0.2) is 14.2 Å². The number of esters is 1. The summed E-state index contributed by atoms with van der Waals surface area (Å²) in [5.41, 5.74) is 2.19. The second-order valence-electron chi connectivity index (χ2n) is 6.39. The zero-order chi connectivity index (χ0) is 21.7. The van der Waals surface area contributed by atoms with E-state index in [1.807, 2.05) is 0 Å². The molecule has 3 rings (SSSR count). The van der Waals surface area contributed by atoms with Gasteiger partial charge in [-0.15, -0.1) is 11.3 Å². The van der Waals surface area contributed by atoms with Gasteiger partial charge in [-0.2, -0.15) is 0 Å². The van der Waals surface area contributed by atoms with Gasteiger partial charge in [0.25, 0.3) is 0 Å². The van der Waals surface area contributed by atoms with Gasteiger partial charge >= 0.3 is 5.97 Å². The summed E-state index contributed by atoms with van der Waals surface area (Å²) in [6.07, 6.45) is 0. The van der Waals surface area contributed by atoms with Crippen LogP contribution in [0.25, 0.3) is 10.6 Å². The van der Waals surface area contributed by atoms with Gasteiger partial charge in [0.05, 0.1) is 11.3 Å². The van der Waals surface area contributed by atoms with Crippen molar-refractivity contribution in [3.05, 3.63) is 64.9 Å². The second kappa shape index (κ2) is 9.27. The second-order valence-corrected chi connectivity index (χ2v) is 7.25. The fourth-order valence-corrected chi connectivity index (χ4v) is 3.43. The Bertz CT molecular complexity index is 1060. The minimum atomic E-state index is -0.634. The van der Waals surface area contributed by atoms with E-state index in [0.717, 1.165) is 5.56 Å². The number of benzene rings is 2. The Morgan fingerprint density at radius 2 is 1.60 bits per heavy atom. The lowest BCUT2D eigenvalue weighted by Crippen LogP contribution is -2.12. The highest BCUT2D eigenvalue weighted by atomic mass is 32.1. The van der Waals surface area contributed by atoms with Crippen LogP contribution in [0.4, 0.5) is 15.8 Å². The van der Waals surface area contributed by atoms with E-state index < -0.39 is 5.97 Å². The van der Waals surface area contributed by atoms with E-state index in [1.54, 1.807) is 17.5 Å². The van der Waals surface area contributed by atoms with E-state index >= 15 is 0 Å². The molecule has 1 aromatic heterocycles. The Balaban J connectivity index is 1.71. The number of anilines is 2. The molecule has 0 aliphatic carbocycles. The van der Waals surface area contributed by atoms with Crippen LogP contribution in [-0.2, 0) is 20.9 Å². The number of ether oxygens (including phenoxy) is 1. The highest BCUT2D eigenvalue weighted by Crippen LogP contribution is 2.25. The molecular weight excluding hydrogens is 409 g/mol. The van der Waals surface area contributed by atoms with Crippen LogP contribution in [0.3, 0.4) is 0 Å². The van der Waals surface area contributed by atoms with E-state index in [9.17, 15) is 18.8 Å². The van der Waals surface area contributed by atoms with Gasteiger partial charge in [-0.1, -0.05) is 0 Å². The average molecular weight is 427 g/mol. The van der Waals surface area contributed by atoms with Crippen molar-refractivity contribution in [2.75, 3.05) is 10.6 Å². The third kappa shape index (κ3) is 5.71. The molecule has 2 amide bonds. The van der Waals surface area contributed by atoms with Crippen molar-refractivity contribution in [3.8, 4) is 10.6 Å². The molecule has 0 saturated carbocycles. The van der Waals surface area contributed by atoms with E-state index in [4.69, 9.17) is 4.74 Å². The maximum absolute atomic E-state index is 13.1. The largest absolute Gasteiger partial charge is 0.456 e. The molecule has 154 valence electrons. The molecule has 0 aliphatic rings. The Morgan fingerprint density at radius 1 is 1.00 bits per heavy atom. The van der Waals surface area contributed by atoms with Crippen molar-refractivity contribution in [3.63, 3.8) is 0 Å². The van der Waals surface area contributed by atoms with Crippen LogP contribution in [0.5, 0.6) is 0 Å². The Kier molecular flexibility index (Phi) is 6.53. The first-order valence-corrected chi connectivity index (χ1v) is 9.76. The Hall–Kier alpha value is -3.59. The fraction of sp³-hybridized carbons (Fsp3) is 0.143. The summed E-state index contributed by atoms with van der Waals surface area (Å²) in [6, 6.07) is 10.4. The highest BCUT2D eigenvalue weighted by molar-refractivity contribution is 7.13. The number of aromatic nitrogens is 1. The summed E-state index contributed by atoms with van der Waals surface area (Å²) in [4.78, 5) is 39.6. The van der Waals surface area contributed by atoms with Gasteiger partial charge in [-0.05, 0) is 42.5 Å². The van der Waals surface area contributed by atoms with Crippen LogP contribution in [-0.4, -0.2) is 22.8 Å². The Labute approximate surface area is 175 Å². The van der Waals surface area contributed by atoms with Gasteiger partial charge in [0.15, 0.2) is 0 Å². The van der Waals surface area contributed by atoms with Crippen molar-refractivity contribution < 1.29 is 23.5 Å². The fourth-order valence-electron chi connectivity index (χ4n) is 2.62. The first-order valence-electron chi connectivity index (χ1n) is 8.88. The van der Waals surface area contributed by atoms with Crippen molar-refractivity contribution >= 4 is 40.5 Å². The molecule has 0 saturated heterocycles. The molecule has 0 spiro atoms. The molecule has 0 radical (unpaired) electrons. The predicted octanol–water partition coefficient (Wildman–Crippen LogP) is 4.22. The molecule has 0 atom stereocenters. The van der Waals surface area contributed by atoms with Crippen LogP contribution in [0.1, 0.15) is 29.9 Å². The van der Waals surface area contributed by atoms with E-state index in [-0.39, 0.29) is 29.8 Å². The molecule has 0 fully saturated rings. The quantitative estimate of drug-likeness (QED) is 0.574. The predicted molar refractivity (Wildman–Crippen MR) is 112 cm³/mol.